The summed E-state index contributed by atoms with van der Waals surface area (Å²) in [6.45, 7) is 0.909. The van der Waals surface area contributed by atoms with Gasteiger partial charge in [-0.3, -0.25) is 4.79 Å². The average Bonchev–Trinajstić information content (AvgIpc) is 2.13. The van der Waals surface area contributed by atoms with Gasteiger partial charge in [-0.05, 0) is 18.8 Å². The smallest absolute Gasteiger partial charge is 0.293 e. The van der Waals surface area contributed by atoms with Gasteiger partial charge < -0.3 is 4.74 Å². The zero-order valence-corrected chi connectivity index (χ0v) is 7.66. The largest absolute Gasteiger partial charge is 0.468 e. The molecule has 2 nitrogen and oxygen atoms in total. The fourth-order valence-electron chi connectivity index (χ4n) is 1.11. The molecule has 0 atom stereocenters. The monoisotopic (exact) mass is 178 g/mol. The highest BCUT2D eigenvalue weighted by Crippen LogP contribution is 2.14. The van der Waals surface area contributed by atoms with E-state index < -0.39 is 0 Å². The molecule has 0 aliphatic rings. The minimum Gasteiger partial charge on any atom is -0.468 e. The molecule has 0 heterocycles. The van der Waals surface area contributed by atoms with Crippen molar-refractivity contribution in [3.63, 3.8) is 0 Å². The summed E-state index contributed by atoms with van der Waals surface area (Å²) in [5.74, 6) is 5.54. The molecule has 0 rings (SSSR count). The van der Waals surface area contributed by atoms with Gasteiger partial charge in [0.2, 0.25) is 0 Å². The number of carbonyl (C=O) groups excluding carboxylic acids is 1. The maximum Gasteiger partial charge on any atom is 0.293 e. The first-order valence-corrected chi connectivity index (χ1v) is 4.27. The molecule has 70 valence electrons. The minimum absolute atomic E-state index is 0.366. The Labute approximate surface area is 79.7 Å². The van der Waals surface area contributed by atoms with Crippen LogP contribution in [0.4, 0.5) is 0 Å². The van der Waals surface area contributed by atoms with Crippen molar-refractivity contribution in [2.75, 3.05) is 6.61 Å². The molecule has 0 aliphatic heterocycles. The molecule has 0 aromatic heterocycles. The molecular weight excluding hydrogens is 164 g/mol. The third-order valence-corrected chi connectivity index (χ3v) is 1.76. The van der Waals surface area contributed by atoms with Gasteiger partial charge in [-0.2, -0.15) is 0 Å². The maximum absolute atomic E-state index is 9.81. The Hall–Kier alpha value is -1.41. The van der Waals surface area contributed by atoms with Crippen LogP contribution in [0.25, 0.3) is 0 Å². The minimum atomic E-state index is 0.366. The molecule has 0 aliphatic carbocycles. The summed E-state index contributed by atoms with van der Waals surface area (Å²) in [7, 11) is 0. The van der Waals surface area contributed by atoms with E-state index in [1.807, 2.05) is 0 Å². The lowest BCUT2D eigenvalue weighted by Crippen LogP contribution is -2.01. The van der Waals surface area contributed by atoms with Gasteiger partial charge >= 0.3 is 0 Å². The van der Waals surface area contributed by atoms with Crippen molar-refractivity contribution >= 4 is 6.47 Å². The van der Waals surface area contributed by atoms with Crippen LogP contribution in [0.2, 0.25) is 0 Å². The molecule has 0 amide bonds. The van der Waals surface area contributed by atoms with Crippen LogP contribution in [0.15, 0.2) is 0 Å². The van der Waals surface area contributed by atoms with Crippen molar-refractivity contribution in [3.05, 3.63) is 0 Å². The van der Waals surface area contributed by atoms with E-state index in [9.17, 15) is 4.79 Å². The quantitative estimate of drug-likeness (QED) is 0.336. The molecule has 0 fully saturated rings. The van der Waals surface area contributed by atoms with Crippen molar-refractivity contribution in [2.45, 2.75) is 25.7 Å². The van der Waals surface area contributed by atoms with Gasteiger partial charge in [-0.25, -0.2) is 0 Å². The molecule has 0 radical (unpaired) electrons. The molecule has 0 spiro atoms. The normalized spacial score (nSPS) is 8.85. The summed E-state index contributed by atoms with van der Waals surface area (Å²) in [6, 6.07) is 0. The molecule has 0 unspecified atom stereocenters. The lowest BCUT2D eigenvalue weighted by atomic mass is 9.97. The highest BCUT2D eigenvalue weighted by Gasteiger charge is 2.04. The van der Waals surface area contributed by atoms with Crippen LogP contribution in [0.3, 0.4) is 0 Å². The second kappa shape index (κ2) is 8.68. The van der Waals surface area contributed by atoms with Crippen molar-refractivity contribution in [2.24, 2.45) is 5.92 Å². The second-order valence-corrected chi connectivity index (χ2v) is 2.79. The van der Waals surface area contributed by atoms with Crippen molar-refractivity contribution in [1.29, 1.82) is 0 Å². The highest BCUT2D eigenvalue weighted by molar-refractivity contribution is 5.36. The number of hydrogen-bond acceptors (Lipinski definition) is 2. The van der Waals surface area contributed by atoms with Crippen LogP contribution < -0.4 is 0 Å². The zero-order valence-electron chi connectivity index (χ0n) is 7.66. The fourth-order valence-corrected chi connectivity index (χ4v) is 1.11. The van der Waals surface area contributed by atoms with Gasteiger partial charge in [0.15, 0.2) is 0 Å². The first-order valence-electron chi connectivity index (χ1n) is 4.27. The van der Waals surface area contributed by atoms with E-state index in [0.29, 0.717) is 31.8 Å². The Bertz CT molecular complexity index is 191. The van der Waals surface area contributed by atoms with E-state index in [1.165, 1.54) is 0 Å². The first-order chi connectivity index (χ1) is 6.35. The third-order valence-electron chi connectivity index (χ3n) is 1.76. The topological polar surface area (TPSA) is 26.3 Å². The van der Waals surface area contributed by atoms with Crippen LogP contribution in [-0.4, -0.2) is 13.1 Å². The maximum atomic E-state index is 9.81. The molecule has 0 N–H and O–H groups in total. The Kier molecular flexibility index (Phi) is 7.74. The molecule has 0 aromatic carbocycles. The van der Waals surface area contributed by atoms with Gasteiger partial charge in [0.05, 0.1) is 6.61 Å². The predicted molar refractivity (Wildman–Crippen MR) is 51.6 cm³/mol. The number of rotatable bonds is 7. The lowest BCUT2D eigenvalue weighted by Gasteiger charge is -2.09. The fraction of sp³-hybridized carbons (Fsp3) is 0.545. The summed E-state index contributed by atoms with van der Waals surface area (Å²) in [5.41, 5.74) is 0. The van der Waals surface area contributed by atoms with Gasteiger partial charge in [-0.15, -0.1) is 24.7 Å². The van der Waals surface area contributed by atoms with Gasteiger partial charge in [0.1, 0.15) is 0 Å². The van der Waals surface area contributed by atoms with Crippen LogP contribution >= 0.6 is 0 Å². The van der Waals surface area contributed by atoms with Gasteiger partial charge in [-0.1, -0.05) is 0 Å². The van der Waals surface area contributed by atoms with E-state index in [-0.39, 0.29) is 0 Å². The Balaban J connectivity index is 3.52. The number of ether oxygens (including phenoxy) is 1. The Morgan fingerprint density at radius 1 is 1.31 bits per heavy atom. The first kappa shape index (κ1) is 11.6. The number of carbonyl (C=O) groups is 1. The van der Waals surface area contributed by atoms with Gasteiger partial charge in [0, 0.05) is 12.8 Å². The molecule has 0 aromatic rings. The van der Waals surface area contributed by atoms with E-state index in [1.54, 1.807) is 0 Å². The van der Waals surface area contributed by atoms with Crippen LogP contribution in [-0.2, 0) is 9.53 Å². The summed E-state index contributed by atoms with van der Waals surface area (Å²) in [6.07, 6.45) is 13.5. The Morgan fingerprint density at radius 3 is 2.38 bits per heavy atom. The Morgan fingerprint density at radius 2 is 1.92 bits per heavy atom. The standard InChI is InChI=1S/C11H14O2/c1-3-6-11(7-4-2)8-5-9-13-10-12/h1-2,10-11H,5-9H2. The molecule has 0 bridgehead atoms. The lowest BCUT2D eigenvalue weighted by molar-refractivity contribution is -0.128. The highest BCUT2D eigenvalue weighted by atomic mass is 16.5. The molecule has 0 saturated carbocycles. The van der Waals surface area contributed by atoms with Gasteiger partial charge in [0.25, 0.3) is 6.47 Å². The van der Waals surface area contributed by atoms with Crippen molar-refractivity contribution in [3.8, 4) is 24.7 Å². The summed E-state index contributed by atoms with van der Waals surface area (Å²) >= 11 is 0. The van der Waals surface area contributed by atoms with Crippen LogP contribution in [0.5, 0.6) is 0 Å². The summed E-state index contributed by atoms with van der Waals surface area (Å²) in [5, 5.41) is 0. The average molecular weight is 178 g/mol. The second-order valence-electron chi connectivity index (χ2n) is 2.79. The van der Waals surface area contributed by atoms with Crippen molar-refractivity contribution < 1.29 is 9.53 Å². The van der Waals surface area contributed by atoms with Crippen LogP contribution in [0.1, 0.15) is 25.7 Å². The van der Waals surface area contributed by atoms with Crippen LogP contribution in [0, 0.1) is 30.6 Å². The molecule has 2 heteroatoms. The van der Waals surface area contributed by atoms with E-state index in [4.69, 9.17) is 12.8 Å². The zero-order chi connectivity index (χ0) is 9.94. The molecule has 13 heavy (non-hydrogen) atoms. The molecule has 0 saturated heterocycles. The van der Waals surface area contributed by atoms with E-state index >= 15 is 0 Å². The van der Waals surface area contributed by atoms with Crippen molar-refractivity contribution in [1.82, 2.24) is 0 Å². The number of hydrogen-bond donors (Lipinski definition) is 0. The predicted octanol–water partition coefficient (Wildman–Crippen LogP) is 1.60. The van der Waals surface area contributed by atoms with E-state index in [0.717, 1.165) is 12.8 Å². The summed E-state index contributed by atoms with van der Waals surface area (Å²) < 4.78 is 4.56. The molecular formula is C11H14O2. The SMILES string of the molecule is C#CCC(CC#C)CCCOC=O. The number of terminal acetylenes is 2. The third kappa shape index (κ3) is 6.97. The summed E-state index contributed by atoms with van der Waals surface area (Å²) in [4.78, 5) is 9.81. The van der Waals surface area contributed by atoms with E-state index in [2.05, 4.69) is 16.6 Å².